The summed E-state index contributed by atoms with van der Waals surface area (Å²) in [7, 11) is 0. The minimum absolute atomic E-state index is 0.0188. The van der Waals surface area contributed by atoms with Gasteiger partial charge < -0.3 is 14.7 Å². The minimum atomic E-state index is -0.909. The maximum Gasteiger partial charge on any atom is 0.307 e. The Morgan fingerprint density at radius 2 is 1.97 bits per heavy atom. The molecule has 0 radical (unpaired) electrons. The molecule has 33 heavy (non-hydrogen) atoms. The highest BCUT2D eigenvalue weighted by atomic mass is 19.1. The summed E-state index contributed by atoms with van der Waals surface area (Å²) in [5.41, 5.74) is 3.73. The van der Waals surface area contributed by atoms with Crippen LogP contribution in [0.2, 0.25) is 0 Å². The first-order valence-electron chi connectivity index (χ1n) is 11.9. The lowest BCUT2D eigenvalue weighted by atomic mass is 9.82. The Balaban J connectivity index is 1.70. The van der Waals surface area contributed by atoms with Crippen molar-refractivity contribution in [2.24, 2.45) is 11.3 Å². The maximum atomic E-state index is 15.0. The zero-order chi connectivity index (χ0) is 23.8. The van der Waals surface area contributed by atoms with Gasteiger partial charge >= 0.3 is 5.97 Å². The average molecular weight is 456 g/mol. The molecule has 1 aliphatic carbocycles. The van der Waals surface area contributed by atoms with Gasteiger partial charge in [0.1, 0.15) is 6.10 Å². The Kier molecular flexibility index (Phi) is 6.59. The highest BCUT2D eigenvalue weighted by Gasteiger charge is 2.30. The molecule has 178 valence electrons. The van der Waals surface area contributed by atoms with E-state index in [0.29, 0.717) is 28.3 Å². The fourth-order valence-electron chi connectivity index (χ4n) is 4.75. The zero-order valence-electron chi connectivity index (χ0n) is 20.0. The van der Waals surface area contributed by atoms with Gasteiger partial charge in [0, 0.05) is 47.9 Å². The standard InChI is InChI=1S/C26H34FN3O3/c1-16-20(13-23(31)32)24(30-10-8-26(3,4)9-11-30)21(15-28-16)19-12-22(27)25(29-14-19)33-17(2)18-6-5-7-18/h12,14-15,17-18H,5-11,13H2,1-4H3,(H,31,32). The van der Waals surface area contributed by atoms with Gasteiger partial charge in [0.05, 0.1) is 12.1 Å². The molecule has 1 aliphatic heterocycles. The van der Waals surface area contributed by atoms with Crippen molar-refractivity contribution in [2.75, 3.05) is 18.0 Å². The van der Waals surface area contributed by atoms with E-state index < -0.39 is 11.8 Å². The number of rotatable bonds is 7. The fraction of sp³-hybridized carbons (Fsp3) is 0.577. The van der Waals surface area contributed by atoms with E-state index in [1.54, 1.807) is 12.4 Å². The minimum Gasteiger partial charge on any atom is -0.481 e. The lowest BCUT2D eigenvalue weighted by Gasteiger charge is -2.40. The molecule has 1 N–H and O–H groups in total. The number of piperidine rings is 1. The molecule has 0 bridgehead atoms. The molecule has 1 atom stereocenters. The summed E-state index contributed by atoms with van der Waals surface area (Å²) in [5.74, 6) is -0.940. The van der Waals surface area contributed by atoms with E-state index in [-0.39, 0.29) is 23.8 Å². The third-order valence-electron chi connectivity index (χ3n) is 7.36. The molecule has 3 heterocycles. The van der Waals surface area contributed by atoms with Gasteiger partial charge in [-0.2, -0.15) is 0 Å². The summed E-state index contributed by atoms with van der Waals surface area (Å²) in [6, 6.07) is 1.43. The van der Waals surface area contributed by atoms with Crippen LogP contribution in [-0.2, 0) is 11.2 Å². The van der Waals surface area contributed by atoms with E-state index >= 15 is 4.39 Å². The lowest BCUT2D eigenvalue weighted by Crippen LogP contribution is -2.38. The topological polar surface area (TPSA) is 75.6 Å². The smallest absolute Gasteiger partial charge is 0.307 e. The van der Waals surface area contributed by atoms with Crippen LogP contribution in [0.4, 0.5) is 10.1 Å². The van der Waals surface area contributed by atoms with E-state index in [1.807, 2.05) is 13.8 Å². The Hall–Kier alpha value is -2.70. The number of aromatic nitrogens is 2. The molecule has 0 aromatic carbocycles. The number of hydrogen-bond acceptors (Lipinski definition) is 5. The summed E-state index contributed by atoms with van der Waals surface area (Å²) >= 11 is 0. The number of ether oxygens (including phenoxy) is 1. The Morgan fingerprint density at radius 3 is 2.55 bits per heavy atom. The van der Waals surface area contributed by atoms with Crippen LogP contribution < -0.4 is 9.64 Å². The third kappa shape index (κ3) is 5.12. The predicted octanol–water partition coefficient (Wildman–Crippen LogP) is 5.41. The first-order valence-corrected chi connectivity index (χ1v) is 11.9. The van der Waals surface area contributed by atoms with Gasteiger partial charge in [-0.1, -0.05) is 20.3 Å². The van der Waals surface area contributed by atoms with Crippen molar-refractivity contribution in [3.63, 3.8) is 0 Å². The molecule has 1 saturated heterocycles. The van der Waals surface area contributed by atoms with E-state index in [1.165, 1.54) is 12.5 Å². The molecule has 2 aromatic heterocycles. The quantitative estimate of drug-likeness (QED) is 0.601. The number of nitrogens with zero attached hydrogens (tertiary/aromatic N) is 3. The molecular weight excluding hydrogens is 421 g/mol. The summed E-state index contributed by atoms with van der Waals surface area (Å²) in [6.45, 7) is 9.93. The Labute approximate surface area is 195 Å². The number of carbonyl (C=O) groups is 1. The van der Waals surface area contributed by atoms with Crippen molar-refractivity contribution in [1.82, 2.24) is 9.97 Å². The third-order valence-corrected chi connectivity index (χ3v) is 7.36. The molecule has 1 unspecified atom stereocenters. The van der Waals surface area contributed by atoms with Crippen LogP contribution >= 0.6 is 0 Å². The molecule has 7 heteroatoms. The van der Waals surface area contributed by atoms with Crippen molar-refractivity contribution < 1.29 is 19.0 Å². The van der Waals surface area contributed by atoms with Crippen molar-refractivity contribution in [3.05, 3.63) is 35.5 Å². The molecular formula is C26H34FN3O3. The van der Waals surface area contributed by atoms with Crippen LogP contribution in [0, 0.1) is 24.1 Å². The normalized spacial score (nSPS) is 19.1. The van der Waals surface area contributed by atoms with Crippen molar-refractivity contribution >= 4 is 11.7 Å². The number of hydrogen-bond donors (Lipinski definition) is 1. The summed E-state index contributed by atoms with van der Waals surface area (Å²) in [6.07, 6.45) is 8.54. The first kappa shape index (κ1) is 23.5. The second-order valence-electron chi connectivity index (χ2n) is 10.3. The summed E-state index contributed by atoms with van der Waals surface area (Å²) in [4.78, 5) is 22.6. The number of aryl methyl sites for hydroxylation is 1. The number of carboxylic acid groups (broad SMARTS) is 1. The molecule has 4 rings (SSSR count). The average Bonchev–Trinajstić information content (AvgIpc) is 2.70. The van der Waals surface area contributed by atoms with Crippen LogP contribution in [0.15, 0.2) is 18.5 Å². The van der Waals surface area contributed by atoms with Gasteiger partial charge in [-0.15, -0.1) is 0 Å². The van der Waals surface area contributed by atoms with Crippen molar-refractivity contribution in [1.29, 1.82) is 0 Å². The van der Waals surface area contributed by atoms with Crippen LogP contribution in [0.5, 0.6) is 5.88 Å². The highest BCUT2D eigenvalue weighted by Crippen LogP contribution is 2.40. The van der Waals surface area contributed by atoms with Gasteiger partial charge in [0.2, 0.25) is 0 Å². The number of carboxylic acids is 1. The molecule has 0 amide bonds. The van der Waals surface area contributed by atoms with E-state index in [0.717, 1.165) is 44.5 Å². The number of halogens is 1. The van der Waals surface area contributed by atoms with Crippen LogP contribution in [0.3, 0.4) is 0 Å². The van der Waals surface area contributed by atoms with Crippen LogP contribution in [0.25, 0.3) is 11.1 Å². The van der Waals surface area contributed by atoms with Crippen molar-refractivity contribution in [3.8, 4) is 17.0 Å². The predicted molar refractivity (Wildman–Crippen MR) is 126 cm³/mol. The lowest BCUT2D eigenvalue weighted by molar-refractivity contribution is -0.136. The van der Waals surface area contributed by atoms with Crippen LogP contribution in [-0.4, -0.2) is 40.2 Å². The van der Waals surface area contributed by atoms with Crippen LogP contribution in [0.1, 0.15) is 64.1 Å². The summed E-state index contributed by atoms with van der Waals surface area (Å²) < 4.78 is 20.8. The Morgan fingerprint density at radius 1 is 1.27 bits per heavy atom. The fourth-order valence-corrected chi connectivity index (χ4v) is 4.75. The molecule has 1 saturated carbocycles. The van der Waals surface area contributed by atoms with Gasteiger partial charge in [0.15, 0.2) is 5.82 Å². The second-order valence-corrected chi connectivity index (χ2v) is 10.3. The molecule has 2 aliphatic rings. The van der Waals surface area contributed by atoms with Gasteiger partial charge in [0.25, 0.3) is 5.88 Å². The van der Waals surface area contributed by atoms with E-state index in [4.69, 9.17) is 4.74 Å². The second kappa shape index (κ2) is 9.27. The van der Waals surface area contributed by atoms with Gasteiger partial charge in [-0.3, -0.25) is 9.78 Å². The SMILES string of the molecule is Cc1ncc(-c2cnc(OC(C)C3CCC3)c(F)c2)c(N2CCC(C)(C)CC2)c1CC(=O)O. The summed E-state index contributed by atoms with van der Waals surface area (Å²) in [5, 5.41) is 9.56. The number of anilines is 1. The van der Waals surface area contributed by atoms with Gasteiger partial charge in [-0.25, -0.2) is 9.37 Å². The largest absolute Gasteiger partial charge is 0.481 e. The number of pyridine rings is 2. The van der Waals surface area contributed by atoms with E-state index in [2.05, 4.69) is 28.7 Å². The zero-order valence-corrected chi connectivity index (χ0v) is 20.0. The first-order chi connectivity index (χ1) is 15.6. The molecule has 6 nitrogen and oxygen atoms in total. The number of aliphatic carboxylic acids is 1. The molecule has 2 aromatic rings. The monoisotopic (exact) mass is 455 g/mol. The highest BCUT2D eigenvalue weighted by molar-refractivity contribution is 5.84. The Bertz CT molecular complexity index is 1030. The van der Waals surface area contributed by atoms with Gasteiger partial charge in [-0.05, 0) is 56.9 Å². The van der Waals surface area contributed by atoms with Crippen molar-refractivity contribution in [2.45, 2.75) is 72.3 Å². The maximum absolute atomic E-state index is 15.0. The van der Waals surface area contributed by atoms with E-state index in [9.17, 15) is 9.90 Å². The molecule has 2 fully saturated rings. The molecule has 0 spiro atoms.